The highest BCUT2D eigenvalue weighted by Gasteiger charge is 2.12. The standard InChI is InChI=1S/C11H18N2O5S2/c1-17-6-7-18-5-4-13-10(14)8-9-2-3-11(19-9)20(12,15)16/h2-3H,4-8H2,1H3,(H,13,14)(H2,12,15,16). The van der Waals surface area contributed by atoms with Gasteiger partial charge in [-0.2, -0.15) is 0 Å². The van der Waals surface area contributed by atoms with E-state index in [9.17, 15) is 13.2 Å². The van der Waals surface area contributed by atoms with Gasteiger partial charge in [0.1, 0.15) is 4.21 Å². The third kappa shape index (κ3) is 6.44. The van der Waals surface area contributed by atoms with Gasteiger partial charge in [0.2, 0.25) is 15.9 Å². The lowest BCUT2D eigenvalue weighted by atomic mass is 10.3. The van der Waals surface area contributed by atoms with E-state index in [1.165, 1.54) is 6.07 Å². The molecule has 1 aromatic rings. The number of primary sulfonamides is 1. The predicted molar refractivity (Wildman–Crippen MR) is 75.1 cm³/mol. The lowest BCUT2D eigenvalue weighted by molar-refractivity contribution is -0.120. The highest BCUT2D eigenvalue weighted by molar-refractivity contribution is 7.91. The Hall–Kier alpha value is -1.00. The molecule has 3 N–H and O–H groups in total. The number of nitrogens with one attached hydrogen (secondary N) is 1. The molecule has 0 aliphatic heterocycles. The van der Waals surface area contributed by atoms with Crippen LogP contribution in [0.15, 0.2) is 16.3 Å². The van der Waals surface area contributed by atoms with E-state index in [2.05, 4.69) is 5.32 Å². The second-order valence-electron chi connectivity index (χ2n) is 3.90. The van der Waals surface area contributed by atoms with Crippen LogP contribution in [0.25, 0.3) is 0 Å². The number of ether oxygens (including phenoxy) is 2. The maximum absolute atomic E-state index is 11.6. The summed E-state index contributed by atoms with van der Waals surface area (Å²) in [6.45, 7) is 1.80. The molecule has 0 aliphatic rings. The van der Waals surface area contributed by atoms with Gasteiger partial charge in [-0.1, -0.05) is 0 Å². The van der Waals surface area contributed by atoms with Crippen LogP contribution in [0.2, 0.25) is 0 Å². The molecule has 0 aromatic carbocycles. The lowest BCUT2D eigenvalue weighted by Gasteiger charge is -2.05. The molecule has 0 atom stereocenters. The first-order valence-corrected chi connectivity index (χ1v) is 8.24. The Morgan fingerprint density at radius 1 is 1.35 bits per heavy atom. The minimum Gasteiger partial charge on any atom is -0.382 e. The quantitative estimate of drug-likeness (QED) is 0.608. The largest absolute Gasteiger partial charge is 0.382 e. The van der Waals surface area contributed by atoms with E-state index in [0.717, 1.165) is 11.3 Å². The topological polar surface area (TPSA) is 108 Å². The first-order valence-electron chi connectivity index (χ1n) is 5.88. The van der Waals surface area contributed by atoms with E-state index < -0.39 is 10.0 Å². The molecule has 1 heterocycles. The number of carbonyl (C=O) groups excluding carboxylic acids is 1. The zero-order valence-corrected chi connectivity index (χ0v) is 12.8. The summed E-state index contributed by atoms with van der Waals surface area (Å²) in [5, 5.41) is 7.67. The molecule has 0 saturated heterocycles. The number of amides is 1. The van der Waals surface area contributed by atoms with Gasteiger partial charge in [0, 0.05) is 18.5 Å². The number of hydrogen-bond donors (Lipinski definition) is 2. The summed E-state index contributed by atoms with van der Waals surface area (Å²) in [5.74, 6) is -0.192. The van der Waals surface area contributed by atoms with E-state index in [1.807, 2.05) is 0 Å². The van der Waals surface area contributed by atoms with Gasteiger partial charge in [-0.25, -0.2) is 13.6 Å². The minimum atomic E-state index is -3.69. The fraction of sp³-hybridized carbons (Fsp3) is 0.545. The molecular weight excluding hydrogens is 304 g/mol. The minimum absolute atomic E-state index is 0.0585. The Bertz CT molecular complexity index is 527. The number of thiophene rings is 1. The number of carbonyl (C=O) groups is 1. The first kappa shape index (κ1) is 17.1. The molecule has 1 aromatic heterocycles. The fourth-order valence-corrected chi connectivity index (χ4v) is 3.11. The summed E-state index contributed by atoms with van der Waals surface area (Å²) >= 11 is 0.997. The molecule has 114 valence electrons. The Labute approximate surface area is 122 Å². The zero-order chi connectivity index (χ0) is 15.0. The molecule has 0 fully saturated rings. The normalized spacial score (nSPS) is 11.5. The fourth-order valence-electron chi connectivity index (χ4n) is 1.33. The van der Waals surface area contributed by atoms with Gasteiger partial charge in [0.25, 0.3) is 0 Å². The Morgan fingerprint density at radius 3 is 2.70 bits per heavy atom. The van der Waals surface area contributed by atoms with Crippen molar-refractivity contribution in [2.24, 2.45) is 5.14 Å². The maximum atomic E-state index is 11.6. The van der Waals surface area contributed by atoms with Gasteiger partial charge in [0.15, 0.2) is 0 Å². The monoisotopic (exact) mass is 322 g/mol. The van der Waals surface area contributed by atoms with Crippen LogP contribution in [-0.4, -0.2) is 47.8 Å². The van der Waals surface area contributed by atoms with Gasteiger partial charge >= 0.3 is 0 Å². The van der Waals surface area contributed by atoms with Gasteiger partial charge in [-0.15, -0.1) is 11.3 Å². The summed E-state index contributed by atoms with van der Waals surface area (Å²) in [4.78, 5) is 12.2. The summed E-state index contributed by atoms with van der Waals surface area (Å²) < 4.78 is 32.2. The Balaban J connectivity index is 2.27. The molecule has 9 heteroatoms. The van der Waals surface area contributed by atoms with Crippen molar-refractivity contribution in [3.8, 4) is 0 Å². The average molecular weight is 322 g/mol. The van der Waals surface area contributed by atoms with Crippen molar-refractivity contribution in [1.29, 1.82) is 0 Å². The number of methoxy groups -OCH3 is 1. The van der Waals surface area contributed by atoms with Crippen LogP contribution < -0.4 is 10.5 Å². The van der Waals surface area contributed by atoms with E-state index in [4.69, 9.17) is 14.6 Å². The number of rotatable bonds is 9. The predicted octanol–water partition coefficient (Wildman–Crippen LogP) is -0.283. The molecule has 0 bridgehead atoms. The second-order valence-corrected chi connectivity index (χ2v) is 6.85. The van der Waals surface area contributed by atoms with Crippen LogP contribution in [0.1, 0.15) is 4.88 Å². The van der Waals surface area contributed by atoms with Crippen LogP contribution in [-0.2, 0) is 30.7 Å². The van der Waals surface area contributed by atoms with Crippen molar-refractivity contribution in [1.82, 2.24) is 5.32 Å². The molecule has 0 unspecified atom stereocenters. The molecular formula is C11H18N2O5S2. The lowest BCUT2D eigenvalue weighted by Crippen LogP contribution is -2.28. The SMILES string of the molecule is COCCOCCNC(=O)Cc1ccc(S(N)(=O)=O)s1. The molecule has 1 amide bonds. The summed E-state index contributed by atoms with van der Waals surface area (Å²) in [6, 6.07) is 2.98. The number of hydrogen-bond acceptors (Lipinski definition) is 6. The molecule has 7 nitrogen and oxygen atoms in total. The van der Waals surface area contributed by atoms with Crippen LogP contribution in [0.5, 0.6) is 0 Å². The van der Waals surface area contributed by atoms with E-state index in [0.29, 0.717) is 31.2 Å². The van der Waals surface area contributed by atoms with Crippen molar-refractivity contribution < 1.29 is 22.7 Å². The van der Waals surface area contributed by atoms with Crippen LogP contribution in [0.3, 0.4) is 0 Å². The molecule has 0 aliphatic carbocycles. The van der Waals surface area contributed by atoms with Crippen molar-refractivity contribution in [2.75, 3.05) is 33.5 Å². The highest BCUT2D eigenvalue weighted by Crippen LogP contribution is 2.20. The van der Waals surface area contributed by atoms with Crippen molar-refractivity contribution in [2.45, 2.75) is 10.6 Å². The third-order valence-corrected chi connectivity index (χ3v) is 4.78. The van der Waals surface area contributed by atoms with Gasteiger partial charge in [-0.05, 0) is 12.1 Å². The van der Waals surface area contributed by atoms with Crippen molar-refractivity contribution in [3.63, 3.8) is 0 Å². The number of nitrogens with two attached hydrogens (primary N) is 1. The Morgan fingerprint density at radius 2 is 2.10 bits per heavy atom. The second kappa shape index (κ2) is 8.32. The average Bonchev–Trinajstić information content (AvgIpc) is 2.82. The smallest absolute Gasteiger partial charge is 0.247 e. The van der Waals surface area contributed by atoms with E-state index in [-0.39, 0.29) is 16.5 Å². The third-order valence-electron chi connectivity index (χ3n) is 2.25. The van der Waals surface area contributed by atoms with Gasteiger partial charge in [0.05, 0.1) is 26.2 Å². The van der Waals surface area contributed by atoms with E-state index >= 15 is 0 Å². The van der Waals surface area contributed by atoms with Gasteiger partial charge < -0.3 is 14.8 Å². The molecule has 20 heavy (non-hydrogen) atoms. The molecule has 0 saturated carbocycles. The summed E-state index contributed by atoms with van der Waals surface area (Å²) in [7, 11) is -2.11. The maximum Gasteiger partial charge on any atom is 0.247 e. The highest BCUT2D eigenvalue weighted by atomic mass is 32.2. The van der Waals surface area contributed by atoms with Crippen LogP contribution in [0, 0.1) is 0 Å². The molecule has 0 spiro atoms. The van der Waals surface area contributed by atoms with Crippen LogP contribution in [0.4, 0.5) is 0 Å². The van der Waals surface area contributed by atoms with E-state index in [1.54, 1.807) is 13.2 Å². The summed E-state index contributed by atoms with van der Waals surface area (Å²) in [6.07, 6.45) is 0.123. The molecule has 0 radical (unpaired) electrons. The van der Waals surface area contributed by atoms with Crippen molar-refractivity contribution >= 4 is 27.3 Å². The summed E-state index contributed by atoms with van der Waals surface area (Å²) in [5.41, 5.74) is 0. The van der Waals surface area contributed by atoms with Crippen molar-refractivity contribution in [3.05, 3.63) is 17.0 Å². The Kier molecular flexibility index (Phi) is 7.10. The molecule has 1 rings (SSSR count). The number of sulfonamides is 1. The first-order chi connectivity index (χ1) is 9.43. The van der Waals surface area contributed by atoms with Gasteiger partial charge in [-0.3, -0.25) is 4.79 Å². The van der Waals surface area contributed by atoms with Crippen LogP contribution >= 0.6 is 11.3 Å². The zero-order valence-electron chi connectivity index (χ0n) is 11.1.